The van der Waals surface area contributed by atoms with Crippen LogP contribution in [0.3, 0.4) is 0 Å². The zero-order valence-corrected chi connectivity index (χ0v) is 18.0. The maximum Gasteiger partial charge on any atom is 0.338 e. The molecule has 0 heterocycles. The Morgan fingerprint density at radius 1 is 0.935 bits per heavy atom. The number of ether oxygens (including phenoxy) is 1. The van der Waals surface area contributed by atoms with Crippen LogP contribution in [-0.4, -0.2) is 26.9 Å². The second-order valence-electron chi connectivity index (χ2n) is 6.37. The molecule has 3 rings (SSSR count). The highest BCUT2D eigenvalue weighted by atomic mass is 35.5. The van der Waals surface area contributed by atoms with Crippen LogP contribution in [-0.2, 0) is 14.8 Å². The van der Waals surface area contributed by atoms with Gasteiger partial charge in [-0.05, 0) is 55.5 Å². The third-order valence-electron chi connectivity index (χ3n) is 4.15. The van der Waals surface area contributed by atoms with E-state index < -0.39 is 21.9 Å². The van der Waals surface area contributed by atoms with Crippen molar-refractivity contribution in [3.8, 4) is 0 Å². The van der Waals surface area contributed by atoms with Crippen molar-refractivity contribution in [2.45, 2.75) is 11.8 Å². The van der Waals surface area contributed by atoms with Gasteiger partial charge < -0.3 is 10.1 Å². The van der Waals surface area contributed by atoms with E-state index in [1.807, 2.05) is 0 Å². The maximum absolute atomic E-state index is 12.6. The van der Waals surface area contributed by atoms with Gasteiger partial charge in [0.25, 0.3) is 15.9 Å². The van der Waals surface area contributed by atoms with Crippen molar-refractivity contribution in [1.29, 1.82) is 0 Å². The van der Waals surface area contributed by atoms with Crippen molar-refractivity contribution in [3.05, 3.63) is 88.9 Å². The van der Waals surface area contributed by atoms with E-state index >= 15 is 0 Å². The molecule has 0 radical (unpaired) electrons. The summed E-state index contributed by atoms with van der Waals surface area (Å²) in [5, 5.41) is 2.72. The fraction of sp³-hybridized carbons (Fsp3) is 0.0909. The first kappa shape index (κ1) is 22.3. The third-order valence-corrected chi connectivity index (χ3v) is 5.86. The predicted octanol–water partition coefficient (Wildman–Crippen LogP) is 4.57. The van der Waals surface area contributed by atoms with Crippen LogP contribution in [0.1, 0.15) is 27.6 Å². The lowest BCUT2D eigenvalue weighted by atomic mass is 10.1. The normalized spacial score (nSPS) is 10.9. The number of esters is 1. The number of nitrogens with one attached hydrogen (secondary N) is 2. The second-order valence-corrected chi connectivity index (χ2v) is 8.46. The quantitative estimate of drug-likeness (QED) is 0.505. The molecule has 7 nitrogen and oxygen atoms in total. The second kappa shape index (κ2) is 9.63. The van der Waals surface area contributed by atoms with Gasteiger partial charge in [-0.1, -0.05) is 35.9 Å². The molecule has 1 amide bonds. The molecule has 3 aromatic rings. The van der Waals surface area contributed by atoms with E-state index in [9.17, 15) is 18.0 Å². The smallest absolute Gasteiger partial charge is 0.338 e. The molecule has 0 spiro atoms. The van der Waals surface area contributed by atoms with E-state index in [-0.39, 0.29) is 27.8 Å². The van der Waals surface area contributed by atoms with E-state index in [2.05, 4.69) is 10.0 Å². The molecule has 0 unspecified atom stereocenters. The van der Waals surface area contributed by atoms with Crippen molar-refractivity contribution < 1.29 is 22.7 Å². The number of benzene rings is 3. The van der Waals surface area contributed by atoms with Crippen molar-refractivity contribution in [3.63, 3.8) is 0 Å². The Kier molecular flexibility index (Phi) is 6.94. The Labute approximate surface area is 185 Å². The van der Waals surface area contributed by atoms with Crippen LogP contribution in [0.15, 0.2) is 77.7 Å². The van der Waals surface area contributed by atoms with Gasteiger partial charge in [-0.15, -0.1) is 0 Å². The Bertz CT molecular complexity index is 1210. The van der Waals surface area contributed by atoms with Gasteiger partial charge >= 0.3 is 5.97 Å². The van der Waals surface area contributed by atoms with Crippen LogP contribution >= 0.6 is 11.6 Å². The monoisotopic (exact) mass is 458 g/mol. The highest BCUT2D eigenvalue weighted by Gasteiger charge is 2.17. The minimum atomic E-state index is -3.78. The summed E-state index contributed by atoms with van der Waals surface area (Å²) in [5.74, 6) is -1.00. The Hall–Kier alpha value is -3.36. The summed E-state index contributed by atoms with van der Waals surface area (Å²) in [5.41, 5.74) is 1.05. The van der Waals surface area contributed by atoms with E-state index in [1.165, 1.54) is 36.4 Å². The van der Waals surface area contributed by atoms with E-state index in [1.54, 1.807) is 43.3 Å². The van der Waals surface area contributed by atoms with Gasteiger partial charge in [0.2, 0.25) is 0 Å². The topological polar surface area (TPSA) is 102 Å². The van der Waals surface area contributed by atoms with E-state index in [0.717, 1.165) is 0 Å². The molecule has 0 aliphatic heterocycles. The summed E-state index contributed by atoms with van der Waals surface area (Å²) < 4.78 is 32.2. The molecule has 2 N–H and O–H groups in total. The molecule has 160 valence electrons. The van der Waals surface area contributed by atoms with E-state index in [4.69, 9.17) is 16.3 Å². The van der Waals surface area contributed by atoms with Gasteiger partial charge in [0.1, 0.15) is 0 Å². The molecule has 0 atom stereocenters. The fourth-order valence-corrected chi connectivity index (χ4v) is 4.05. The van der Waals surface area contributed by atoms with Gasteiger partial charge in [-0.25, -0.2) is 13.2 Å². The zero-order chi connectivity index (χ0) is 22.4. The molecule has 0 aromatic heterocycles. The summed E-state index contributed by atoms with van der Waals surface area (Å²) in [4.78, 5) is 24.6. The zero-order valence-electron chi connectivity index (χ0n) is 16.5. The number of amides is 1. The minimum absolute atomic E-state index is 0.0623. The molecule has 31 heavy (non-hydrogen) atoms. The minimum Gasteiger partial charge on any atom is -0.462 e. The summed E-state index contributed by atoms with van der Waals surface area (Å²) in [7, 11) is -3.78. The molecular weight excluding hydrogens is 440 g/mol. The van der Waals surface area contributed by atoms with Crippen molar-refractivity contribution in [1.82, 2.24) is 0 Å². The molecule has 0 bridgehead atoms. The van der Waals surface area contributed by atoms with Gasteiger partial charge in [0.15, 0.2) is 0 Å². The Balaban J connectivity index is 1.75. The Morgan fingerprint density at radius 2 is 1.68 bits per heavy atom. The third kappa shape index (κ3) is 5.62. The first-order chi connectivity index (χ1) is 14.8. The number of sulfonamides is 1. The number of halogens is 1. The van der Waals surface area contributed by atoms with Gasteiger partial charge in [0, 0.05) is 5.69 Å². The van der Waals surface area contributed by atoms with Gasteiger partial charge in [0.05, 0.1) is 33.3 Å². The van der Waals surface area contributed by atoms with E-state index in [0.29, 0.717) is 11.3 Å². The van der Waals surface area contributed by atoms with Crippen LogP contribution < -0.4 is 10.0 Å². The highest BCUT2D eigenvalue weighted by Crippen LogP contribution is 2.24. The lowest BCUT2D eigenvalue weighted by molar-refractivity contribution is 0.0526. The average Bonchev–Trinajstić information content (AvgIpc) is 2.74. The van der Waals surface area contributed by atoms with Crippen LogP contribution in [0.4, 0.5) is 11.4 Å². The van der Waals surface area contributed by atoms with Crippen LogP contribution in [0.25, 0.3) is 0 Å². The number of hydrogen-bond donors (Lipinski definition) is 2. The SMILES string of the molecule is CCOC(=O)c1cccc(NC(=O)c2ccc(NS(=O)(=O)c3ccccc3)cc2Cl)c1. The maximum atomic E-state index is 12.6. The standard InChI is InChI=1S/C22H19ClN2O5S/c1-2-30-22(27)15-7-6-8-16(13-15)24-21(26)19-12-11-17(14-20(19)23)25-31(28,29)18-9-4-3-5-10-18/h3-14,25H,2H2,1H3,(H,24,26). The lowest BCUT2D eigenvalue weighted by Gasteiger charge is -2.11. The first-order valence-electron chi connectivity index (χ1n) is 9.26. The number of anilines is 2. The van der Waals surface area contributed by atoms with Crippen LogP contribution in [0.5, 0.6) is 0 Å². The summed E-state index contributed by atoms with van der Waals surface area (Å²) in [6, 6.07) is 18.4. The average molecular weight is 459 g/mol. The van der Waals surface area contributed by atoms with Crippen molar-refractivity contribution in [2.75, 3.05) is 16.6 Å². The molecule has 3 aromatic carbocycles. The van der Waals surface area contributed by atoms with Crippen LogP contribution in [0.2, 0.25) is 5.02 Å². The highest BCUT2D eigenvalue weighted by molar-refractivity contribution is 7.92. The molecule has 0 aliphatic carbocycles. The summed E-state index contributed by atoms with van der Waals surface area (Å²) >= 11 is 6.22. The van der Waals surface area contributed by atoms with Gasteiger partial charge in [-0.3, -0.25) is 9.52 Å². The largest absolute Gasteiger partial charge is 0.462 e. The number of carbonyl (C=O) groups excluding carboxylic acids is 2. The lowest BCUT2D eigenvalue weighted by Crippen LogP contribution is -2.15. The number of hydrogen-bond acceptors (Lipinski definition) is 5. The predicted molar refractivity (Wildman–Crippen MR) is 119 cm³/mol. The summed E-state index contributed by atoms with van der Waals surface area (Å²) in [6.45, 7) is 1.94. The molecule has 9 heteroatoms. The molecule has 0 aliphatic rings. The van der Waals surface area contributed by atoms with Crippen molar-refractivity contribution >= 4 is 44.9 Å². The number of rotatable bonds is 7. The van der Waals surface area contributed by atoms with Crippen LogP contribution in [0, 0.1) is 0 Å². The molecule has 0 saturated carbocycles. The Morgan fingerprint density at radius 3 is 2.35 bits per heavy atom. The molecule has 0 fully saturated rings. The fourth-order valence-electron chi connectivity index (χ4n) is 2.71. The van der Waals surface area contributed by atoms with Crippen molar-refractivity contribution in [2.24, 2.45) is 0 Å². The van der Waals surface area contributed by atoms with Gasteiger partial charge in [-0.2, -0.15) is 0 Å². The molecular formula is C22H19ClN2O5S. The first-order valence-corrected chi connectivity index (χ1v) is 11.1. The molecule has 0 saturated heterocycles. The summed E-state index contributed by atoms with van der Waals surface area (Å²) in [6.07, 6.45) is 0. The number of carbonyl (C=O) groups is 2.